The summed E-state index contributed by atoms with van der Waals surface area (Å²) in [6, 6.07) is 3.65. The van der Waals surface area contributed by atoms with Crippen LogP contribution in [0.4, 0.5) is 13.2 Å². The molecule has 2 aliphatic heterocycles. The van der Waals surface area contributed by atoms with Crippen LogP contribution in [0.5, 0.6) is 0 Å². The molecule has 2 N–H and O–H groups in total. The molecule has 1 amide bonds. The van der Waals surface area contributed by atoms with Crippen LogP contribution in [0.2, 0.25) is 0 Å². The molecule has 0 spiro atoms. The molecular weight excluding hydrogens is 487 g/mol. The van der Waals surface area contributed by atoms with Crippen LogP contribution in [-0.4, -0.2) is 57.0 Å². The van der Waals surface area contributed by atoms with Crippen molar-refractivity contribution in [2.75, 3.05) is 26.3 Å². The predicted molar refractivity (Wildman–Crippen MR) is 124 cm³/mol. The fourth-order valence-corrected chi connectivity index (χ4v) is 4.84. The van der Waals surface area contributed by atoms with E-state index in [1.54, 1.807) is 11.1 Å². The van der Waals surface area contributed by atoms with E-state index >= 15 is 0 Å². The number of hydrogen-bond acceptors (Lipinski definition) is 5. The summed E-state index contributed by atoms with van der Waals surface area (Å²) in [7, 11) is 0. The summed E-state index contributed by atoms with van der Waals surface area (Å²) in [5, 5.41) is 0. The molecule has 0 atom stereocenters. The van der Waals surface area contributed by atoms with Gasteiger partial charge < -0.3 is 19.6 Å². The van der Waals surface area contributed by atoms with Crippen LogP contribution in [-0.2, 0) is 10.9 Å². The second-order valence-corrected chi connectivity index (χ2v) is 8.79. The molecule has 2 saturated heterocycles. The summed E-state index contributed by atoms with van der Waals surface area (Å²) in [5.41, 5.74) is -0.0694. The zero-order valence-electron chi connectivity index (χ0n) is 18.7. The molecular formula is C23H25ClF3N5O3. The van der Waals surface area contributed by atoms with Gasteiger partial charge in [-0.1, -0.05) is 0 Å². The quantitative estimate of drug-likeness (QED) is 0.553. The van der Waals surface area contributed by atoms with Crippen molar-refractivity contribution in [2.24, 2.45) is 0 Å². The Morgan fingerprint density at radius 3 is 2.40 bits per heavy atom. The van der Waals surface area contributed by atoms with Crippen molar-refractivity contribution in [1.29, 1.82) is 0 Å². The minimum absolute atomic E-state index is 0. The third kappa shape index (κ3) is 5.06. The number of piperidine rings is 1. The average molecular weight is 512 g/mol. The van der Waals surface area contributed by atoms with E-state index in [-0.39, 0.29) is 24.0 Å². The third-order valence-corrected chi connectivity index (χ3v) is 6.72. The highest BCUT2D eigenvalue weighted by molar-refractivity contribution is 5.92. The number of rotatable bonds is 3. The maximum Gasteiger partial charge on any atom is 0.421 e. The number of aromatic nitrogens is 4. The van der Waals surface area contributed by atoms with Gasteiger partial charge in [-0.05, 0) is 55.4 Å². The summed E-state index contributed by atoms with van der Waals surface area (Å²) in [5.74, 6) is 0.954. The fourth-order valence-electron chi connectivity index (χ4n) is 4.84. The van der Waals surface area contributed by atoms with Gasteiger partial charge in [0, 0.05) is 38.4 Å². The van der Waals surface area contributed by atoms with Gasteiger partial charge in [0.1, 0.15) is 17.1 Å². The Kier molecular flexibility index (Phi) is 7.18. The van der Waals surface area contributed by atoms with Crippen LogP contribution in [0.15, 0.2) is 29.2 Å². The van der Waals surface area contributed by atoms with Crippen molar-refractivity contribution in [3.05, 3.63) is 57.4 Å². The summed E-state index contributed by atoms with van der Waals surface area (Å²) >= 11 is 0. The maximum absolute atomic E-state index is 12.8. The van der Waals surface area contributed by atoms with E-state index in [0.717, 1.165) is 49.0 Å². The van der Waals surface area contributed by atoms with Gasteiger partial charge >= 0.3 is 6.18 Å². The lowest BCUT2D eigenvalue weighted by Crippen LogP contribution is -2.39. The summed E-state index contributed by atoms with van der Waals surface area (Å²) in [4.78, 5) is 40.8. The highest BCUT2D eigenvalue weighted by atomic mass is 35.5. The molecule has 0 aromatic carbocycles. The van der Waals surface area contributed by atoms with E-state index < -0.39 is 23.2 Å². The van der Waals surface area contributed by atoms with Crippen molar-refractivity contribution in [3.63, 3.8) is 0 Å². The monoisotopic (exact) mass is 511 g/mol. The smallest absolute Gasteiger partial charge is 0.381 e. The Balaban J connectivity index is 0.00000289. The highest BCUT2D eigenvalue weighted by Gasteiger charge is 2.34. The zero-order chi connectivity index (χ0) is 23.9. The average Bonchev–Trinajstić information content (AvgIpc) is 3.28. The molecule has 2 aliphatic rings. The van der Waals surface area contributed by atoms with Crippen molar-refractivity contribution in [3.8, 4) is 0 Å². The first-order valence-corrected chi connectivity index (χ1v) is 11.3. The van der Waals surface area contributed by atoms with Crippen LogP contribution in [0.1, 0.15) is 65.0 Å². The van der Waals surface area contributed by atoms with Crippen LogP contribution in [0, 0.1) is 0 Å². The Labute approximate surface area is 204 Å². The number of likely N-dealkylation sites (tertiary alicyclic amines) is 1. The third-order valence-electron chi connectivity index (χ3n) is 6.72. The topological polar surface area (TPSA) is 104 Å². The van der Waals surface area contributed by atoms with Gasteiger partial charge in [-0.3, -0.25) is 9.59 Å². The number of nitrogens with one attached hydrogen (secondary N) is 2. The van der Waals surface area contributed by atoms with Crippen molar-refractivity contribution in [2.45, 2.75) is 43.7 Å². The van der Waals surface area contributed by atoms with Gasteiger partial charge in [-0.2, -0.15) is 13.2 Å². The number of carbonyl (C=O) groups is 1. The first-order chi connectivity index (χ1) is 16.3. The molecule has 3 aromatic heterocycles. The predicted octanol–water partition coefficient (Wildman–Crippen LogP) is 4.00. The van der Waals surface area contributed by atoms with E-state index in [9.17, 15) is 22.8 Å². The number of fused-ring (bicyclic) bond motifs is 1. The number of halogens is 4. The molecule has 2 fully saturated rings. The zero-order valence-corrected chi connectivity index (χ0v) is 19.5. The summed E-state index contributed by atoms with van der Waals surface area (Å²) in [6.45, 7) is 2.30. The molecule has 0 bridgehead atoms. The molecule has 35 heavy (non-hydrogen) atoms. The number of carbonyl (C=O) groups excluding carboxylic acids is 1. The lowest BCUT2D eigenvalue weighted by atomic mass is 9.89. The second-order valence-electron chi connectivity index (χ2n) is 8.79. The van der Waals surface area contributed by atoms with E-state index in [1.807, 2.05) is 6.07 Å². The molecule has 0 saturated carbocycles. The largest absolute Gasteiger partial charge is 0.421 e. The lowest BCUT2D eigenvalue weighted by molar-refractivity contribution is -0.138. The molecule has 5 heterocycles. The standard InChI is InChI=1S/C23H24F3N5O3.ClH/c24-23(25,26)16-1-2-17(28-21(16)32)22(33)31-9-4-13(5-10-31)15-3-8-27-20-18(15)29-19(30-20)14-6-11-34-12-7-14;/h1-3,8,13-14H,4-7,9-12H2,(H,28,32)(H,27,29,30);1H. The first-order valence-electron chi connectivity index (χ1n) is 11.3. The number of nitrogens with zero attached hydrogens (tertiary/aromatic N) is 3. The number of aromatic amines is 2. The molecule has 8 nitrogen and oxygen atoms in total. The number of pyridine rings is 2. The number of ether oxygens (including phenoxy) is 1. The normalized spacial score (nSPS) is 18.0. The van der Waals surface area contributed by atoms with Crippen molar-refractivity contribution >= 4 is 29.5 Å². The molecule has 0 unspecified atom stereocenters. The first kappa shape index (κ1) is 25.2. The molecule has 188 valence electrons. The van der Waals surface area contributed by atoms with Crippen LogP contribution >= 0.6 is 12.4 Å². The van der Waals surface area contributed by atoms with Crippen LogP contribution in [0.3, 0.4) is 0 Å². The van der Waals surface area contributed by atoms with Gasteiger partial charge in [-0.15, -0.1) is 12.4 Å². The van der Waals surface area contributed by atoms with Gasteiger partial charge in [0.25, 0.3) is 11.5 Å². The number of imidazole rings is 1. The van der Waals surface area contributed by atoms with Gasteiger partial charge in [0.2, 0.25) is 0 Å². The van der Waals surface area contributed by atoms with Crippen molar-refractivity contribution < 1.29 is 22.7 Å². The molecule has 5 rings (SSSR count). The number of amides is 1. The number of alkyl halides is 3. The molecule has 12 heteroatoms. The molecule has 0 aliphatic carbocycles. The van der Waals surface area contributed by atoms with Gasteiger partial charge in [0.15, 0.2) is 5.65 Å². The fraction of sp³-hybridized carbons (Fsp3) is 0.478. The Morgan fingerprint density at radius 2 is 1.74 bits per heavy atom. The number of hydrogen-bond donors (Lipinski definition) is 2. The lowest BCUT2D eigenvalue weighted by Gasteiger charge is -2.32. The second kappa shape index (κ2) is 9.98. The summed E-state index contributed by atoms with van der Waals surface area (Å²) in [6.07, 6.45) is 0.184. The summed E-state index contributed by atoms with van der Waals surface area (Å²) < 4.78 is 43.9. The minimum Gasteiger partial charge on any atom is -0.381 e. The number of H-pyrrole nitrogens is 2. The van der Waals surface area contributed by atoms with E-state index in [4.69, 9.17) is 9.72 Å². The van der Waals surface area contributed by atoms with Crippen LogP contribution in [0.25, 0.3) is 11.2 Å². The maximum atomic E-state index is 12.8. The van der Waals surface area contributed by atoms with E-state index in [1.165, 1.54) is 0 Å². The molecule has 3 aromatic rings. The minimum atomic E-state index is -4.76. The highest BCUT2D eigenvalue weighted by Crippen LogP contribution is 2.34. The molecule has 0 radical (unpaired) electrons. The van der Waals surface area contributed by atoms with Crippen LogP contribution < -0.4 is 5.56 Å². The van der Waals surface area contributed by atoms with E-state index in [0.29, 0.717) is 43.6 Å². The van der Waals surface area contributed by atoms with Crippen molar-refractivity contribution in [1.82, 2.24) is 24.8 Å². The van der Waals surface area contributed by atoms with Gasteiger partial charge in [0.05, 0.1) is 5.52 Å². The Bertz CT molecular complexity index is 1260. The Hall–Kier alpha value is -2.92. The Morgan fingerprint density at radius 1 is 1.03 bits per heavy atom. The SMILES string of the molecule is Cl.O=C(c1ccc(C(F)(F)F)c(=O)[nH]1)N1CCC(c2ccnc3nc(C4CCOCC4)[nH]c23)CC1. The van der Waals surface area contributed by atoms with E-state index in [2.05, 4.69) is 15.0 Å². The van der Waals surface area contributed by atoms with Gasteiger partial charge in [-0.25, -0.2) is 9.97 Å².